The number of hydrogen-bond acceptors (Lipinski definition) is 4. The molecule has 0 spiro atoms. The van der Waals surface area contributed by atoms with Gasteiger partial charge in [-0.1, -0.05) is 12.1 Å². The van der Waals surface area contributed by atoms with E-state index < -0.39 is 9.84 Å². The highest BCUT2D eigenvalue weighted by Crippen LogP contribution is 2.21. The first-order chi connectivity index (χ1) is 12.6. The largest absolute Gasteiger partial charge is 0.344 e. The van der Waals surface area contributed by atoms with Crippen LogP contribution in [0.25, 0.3) is 0 Å². The van der Waals surface area contributed by atoms with Crippen LogP contribution in [0.4, 0.5) is 10.1 Å². The molecule has 0 saturated carbocycles. The SMILES string of the molecule is CC(C)N(CCN(C(=S)Nc1ccccc1F)[C@@H]1CCS(=O)(=O)C1)C(C)C. The van der Waals surface area contributed by atoms with Gasteiger partial charge in [0.15, 0.2) is 14.9 Å². The summed E-state index contributed by atoms with van der Waals surface area (Å²) in [5, 5.41) is 3.34. The van der Waals surface area contributed by atoms with Gasteiger partial charge >= 0.3 is 0 Å². The number of rotatable bonds is 7. The molecule has 8 heteroatoms. The fourth-order valence-electron chi connectivity index (χ4n) is 3.56. The van der Waals surface area contributed by atoms with E-state index in [0.29, 0.717) is 35.8 Å². The summed E-state index contributed by atoms with van der Waals surface area (Å²) < 4.78 is 37.9. The Balaban J connectivity index is 2.16. The Kier molecular flexibility index (Phi) is 7.59. The molecule has 1 aliphatic rings. The molecule has 1 aromatic rings. The smallest absolute Gasteiger partial charge is 0.173 e. The summed E-state index contributed by atoms with van der Waals surface area (Å²) >= 11 is 5.55. The van der Waals surface area contributed by atoms with E-state index >= 15 is 0 Å². The minimum atomic E-state index is -3.04. The molecule has 1 atom stereocenters. The predicted molar refractivity (Wildman–Crippen MR) is 113 cm³/mol. The fourth-order valence-corrected chi connectivity index (χ4v) is 5.64. The van der Waals surface area contributed by atoms with Gasteiger partial charge in [0.05, 0.1) is 17.2 Å². The molecule has 0 bridgehead atoms. The zero-order valence-electron chi connectivity index (χ0n) is 16.5. The second-order valence-electron chi connectivity index (χ2n) is 7.59. The third kappa shape index (κ3) is 6.12. The predicted octanol–water partition coefficient (Wildman–Crippen LogP) is 3.13. The van der Waals surface area contributed by atoms with Gasteiger partial charge in [-0.15, -0.1) is 0 Å². The molecule has 0 aliphatic carbocycles. The highest BCUT2D eigenvalue weighted by molar-refractivity contribution is 7.91. The Bertz CT molecular complexity index is 745. The number of para-hydroxylation sites is 1. The number of anilines is 1. The van der Waals surface area contributed by atoms with E-state index in [1.54, 1.807) is 18.2 Å². The molecular weight excluding hydrogens is 385 g/mol. The molecule has 2 rings (SSSR count). The molecule has 1 aliphatic heterocycles. The van der Waals surface area contributed by atoms with Crippen molar-refractivity contribution in [2.75, 3.05) is 29.9 Å². The van der Waals surface area contributed by atoms with Gasteiger partial charge in [0.25, 0.3) is 0 Å². The number of nitrogens with zero attached hydrogens (tertiary/aromatic N) is 2. The van der Waals surface area contributed by atoms with Gasteiger partial charge < -0.3 is 10.2 Å². The van der Waals surface area contributed by atoms with Crippen LogP contribution >= 0.6 is 12.2 Å². The van der Waals surface area contributed by atoms with Crippen molar-refractivity contribution in [2.24, 2.45) is 0 Å². The first-order valence-electron chi connectivity index (χ1n) is 9.39. The number of benzene rings is 1. The van der Waals surface area contributed by atoms with E-state index in [0.717, 1.165) is 6.54 Å². The van der Waals surface area contributed by atoms with Crippen molar-refractivity contribution in [2.45, 2.75) is 52.2 Å². The van der Waals surface area contributed by atoms with E-state index in [1.165, 1.54) is 6.07 Å². The Hall–Kier alpha value is -1.25. The number of nitrogens with one attached hydrogen (secondary N) is 1. The molecule has 1 N–H and O–H groups in total. The average Bonchev–Trinajstić information content (AvgIpc) is 2.92. The van der Waals surface area contributed by atoms with Crippen LogP contribution in [-0.2, 0) is 9.84 Å². The highest BCUT2D eigenvalue weighted by atomic mass is 32.2. The fraction of sp³-hybridized carbons (Fsp3) is 0.632. The van der Waals surface area contributed by atoms with Gasteiger partial charge in [0.1, 0.15) is 5.82 Å². The number of thiocarbonyl (C=S) groups is 1. The Morgan fingerprint density at radius 2 is 1.85 bits per heavy atom. The Labute approximate surface area is 167 Å². The highest BCUT2D eigenvalue weighted by Gasteiger charge is 2.34. The lowest BCUT2D eigenvalue weighted by atomic mass is 10.2. The van der Waals surface area contributed by atoms with Gasteiger partial charge in [0.2, 0.25) is 0 Å². The maximum absolute atomic E-state index is 14.0. The second-order valence-corrected chi connectivity index (χ2v) is 10.2. The van der Waals surface area contributed by atoms with Crippen molar-refractivity contribution in [3.05, 3.63) is 30.1 Å². The number of halogens is 1. The average molecular weight is 416 g/mol. The van der Waals surface area contributed by atoms with Crippen LogP contribution < -0.4 is 5.32 Å². The molecule has 0 amide bonds. The van der Waals surface area contributed by atoms with Crippen LogP contribution in [0.15, 0.2) is 24.3 Å². The maximum Gasteiger partial charge on any atom is 0.173 e. The summed E-state index contributed by atoms with van der Waals surface area (Å²) in [5.41, 5.74) is 0.304. The summed E-state index contributed by atoms with van der Waals surface area (Å²) in [6, 6.07) is 6.91. The molecule has 0 unspecified atom stereocenters. The first kappa shape index (κ1) is 22.0. The van der Waals surface area contributed by atoms with Gasteiger partial charge in [-0.2, -0.15) is 0 Å². The first-order valence-corrected chi connectivity index (χ1v) is 11.6. The van der Waals surface area contributed by atoms with Crippen molar-refractivity contribution >= 4 is 32.9 Å². The number of hydrogen-bond donors (Lipinski definition) is 1. The lowest BCUT2D eigenvalue weighted by molar-refractivity contribution is 0.155. The van der Waals surface area contributed by atoms with E-state index in [1.807, 2.05) is 4.90 Å². The van der Waals surface area contributed by atoms with Crippen molar-refractivity contribution in [1.82, 2.24) is 9.80 Å². The topological polar surface area (TPSA) is 52.6 Å². The number of sulfone groups is 1. The standard InChI is InChI=1S/C19H30FN3O2S2/c1-14(2)22(15(3)4)10-11-23(16-9-12-27(24,25)13-16)19(26)21-18-8-6-5-7-17(18)20/h5-8,14-16H,9-13H2,1-4H3,(H,21,26)/t16-/m1/s1. The van der Waals surface area contributed by atoms with Crippen LogP contribution in [0.1, 0.15) is 34.1 Å². The Morgan fingerprint density at radius 1 is 1.22 bits per heavy atom. The van der Waals surface area contributed by atoms with Crippen LogP contribution in [0.5, 0.6) is 0 Å². The zero-order valence-corrected chi connectivity index (χ0v) is 18.1. The summed E-state index contributed by atoms with van der Waals surface area (Å²) in [7, 11) is -3.04. The summed E-state index contributed by atoms with van der Waals surface area (Å²) in [5.74, 6) is -0.117. The van der Waals surface area contributed by atoms with E-state index in [9.17, 15) is 12.8 Å². The molecule has 1 saturated heterocycles. The molecule has 27 heavy (non-hydrogen) atoms. The quantitative estimate of drug-likeness (QED) is 0.691. The lowest BCUT2D eigenvalue weighted by Crippen LogP contribution is -2.49. The summed E-state index contributed by atoms with van der Waals surface area (Å²) in [6.07, 6.45) is 0.546. The third-order valence-corrected chi connectivity index (χ3v) is 7.04. The van der Waals surface area contributed by atoms with Crippen LogP contribution in [0, 0.1) is 5.82 Å². The van der Waals surface area contributed by atoms with Crippen molar-refractivity contribution in [1.29, 1.82) is 0 Å². The molecule has 0 aromatic heterocycles. The van der Waals surface area contributed by atoms with Crippen molar-refractivity contribution in [3.8, 4) is 0 Å². The molecule has 0 radical (unpaired) electrons. The maximum atomic E-state index is 14.0. The summed E-state index contributed by atoms with van der Waals surface area (Å²) in [4.78, 5) is 4.26. The van der Waals surface area contributed by atoms with Gasteiger partial charge in [-0.3, -0.25) is 4.90 Å². The van der Waals surface area contributed by atoms with Crippen LogP contribution in [0.3, 0.4) is 0 Å². The minimum absolute atomic E-state index is 0.0927. The molecule has 1 aromatic carbocycles. The second kappa shape index (κ2) is 9.30. The molecule has 5 nitrogen and oxygen atoms in total. The van der Waals surface area contributed by atoms with Crippen molar-refractivity contribution in [3.63, 3.8) is 0 Å². The Morgan fingerprint density at radius 3 is 2.37 bits per heavy atom. The van der Waals surface area contributed by atoms with Crippen LogP contribution in [0.2, 0.25) is 0 Å². The van der Waals surface area contributed by atoms with E-state index in [4.69, 9.17) is 12.2 Å². The van der Waals surface area contributed by atoms with Crippen molar-refractivity contribution < 1.29 is 12.8 Å². The molecule has 152 valence electrons. The van der Waals surface area contributed by atoms with E-state index in [-0.39, 0.29) is 23.4 Å². The van der Waals surface area contributed by atoms with Gasteiger partial charge in [-0.25, -0.2) is 12.8 Å². The van der Waals surface area contributed by atoms with Gasteiger partial charge in [0, 0.05) is 31.2 Å². The third-order valence-electron chi connectivity index (χ3n) is 4.95. The normalized spacial score (nSPS) is 19.0. The lowest BCUT2D eigenvalue weighted by Gasteiger charge is -2.36. The summed E-state index contributed by atoms with van der Waals surface area (Å²) in [6.45, 7) is 9.91. The molecule has 1 heterocycles. The molecule has 1 fully saturated rings. The zero-order chi connectivity index (χ0) is 20.2. The van der Waals surface area contributed by atoms with Gasteiger partial charge in [-0.05, 0) is 58.5 Å². The molecular formula is C19H30FN3O2S2. The monoisotopic (exact) mass is 415 g/mol. The van der Waals surface area contributed by atoms with Crippen LogP contribution in [-0.4, -0.2) is 66.1 Å². The van der Waals surface area contributed by atoms with E-state index in [2.05, 4.69) is 37.9 Å². The minimum Gasteiger partial charge on any atom is -0.344 e.